The fraction of sp³-hybridized carbons (Fsp3) is 0.231. The number of fused-ring (bicyclic) bond motifs is 1. The number of aliphatic carboxylic acids is 1. The number of carbonyl (C=O) groups is 1. The van der Waals surface area contributed by atoms with E-state index < -0.39 is 28.2 Å². The summed E-state index contributed by atoms with van der Waals surface area (Å²) in [6, 6.07) is 13.8. The summed E-state index contributed by atoms with van der Waals surface area (Å²) in [5.74, 6) is 0.0727. The van der Waals surface area contributed by atoms with E-state index in [4.69, 9.17) is 24.1 Å². The number of hydrogen-bond acceptors (Lipinski definition) is 8. The number of hydrogen-bond donors (Lipinski definition) is 1. The predicted octanol–water partition coefficient (Wildman–Crippen LogP) is 3.12. The SMILES string of the molecule is COc1ccc(S(=O)(=O)Cc2cc3c(cc2Oc2ccc(OCC(=O)O)cc2)n(C)c(=O)n3C)cc1OC. The minimum atomic E-state index is -3.88. The molecule has 3 aromatic carbocycles. The summed E-state index contributed by atoms with van der Waals surface area (Å²) in [5.41, 5.74) is 1.16. The molecule has 0 spiro atoms. The van der Waals surface area contributed by atoms with Crippen molar-refractivity contribution < 1.29 is 37.3 Å². The Hall–Kier alpha value is -4.45. The Labute approximate surface area is 218 Å². The third-order valence-electron chi connectivity index (χ3n) is 5.93. The van der Waals surface area contributed by atoms with Gasteiger partial charge < -0.3 is 24.1 Å². The van der Waals surface area contributed by atoms with E-state index >= 15 is 0 Å². The Morgan fingerprint density at radius 2 is 1.45 bits per heavy atom. The molecule has 0 atom stereocenters. The first-order valence-corrected chi connectivity index (χ1v) is 12.9. The zero-order valence-electron chi connectivity index (χ0n) is 21.1. The van der Waals surface area contributed by atoms with E-state index in [1.807, 2.05) is 0 Å². The standard InChI is InChI=1S/C26H26N2O9S/c1-27-20-11-16(15-38(32,33)19-9-10-22(34-3)24(12-19)35-4)23(13-21(20)28(2)26(27)31)37-18-7-5-17(6-8-18)36-14-25(29)30/h5-13H,14-15H2,1-4H3,(H,29,30). The zero-order chi connectivity index (χ0) is 27.6. The van der Waals surface area contributed by atoms with Gasteiger partial charge in [-0.15, -0.1) is 0 Å². The van der Waals surface area contributed by atoms with Crippen LogP contribution in [0.2, 0.25) is 0 Å². The number of carboxylic acids is 1. The zero-order valence-corrected chi connectivity index (χ0v) is 21.9. The van der Waals surface area contributed by atoms with Crippen LogP contribution in [-0.4, -0.2) is 49.5 Å². The van der Waals surface area contributed by atoms with E-state index in [2.05, 4.69) is 0 Å². The number of methoxy groups -OCH3 is 2. The van der Waals surface area contributed by atoms with Crippen LogP contribution in [0.15, 0.2) is 64.3 Å². The first-order chi connectivity index (χ1) is 18.0. The molecule has 4 aromatic rings. The normalized spacial score (nSPS) is 11.4. The predicted molar refractivity (Wildman–Crippen MR) is 138 cm³/mol. The quantitative estimate of drug-likeness (QED) is 0.321. The Morgan fingerprint density at radius 3 is 2.05 bits per heavy atom. The van der Waals surface area contributed by atoms with Gasteiger partial charge >= 0.3 is 11.7 Å². The average Bonchev–Trinajstić information content (AvgIpc) is 3.10. The fourth-order valence-electron chi connectivity index (χ4n) is 3.95. The summed E-state index contributed by atoms with van der Waals surface area (Å²) < 4.78 is 51.4. The Morgan fingerprint density at radius 1 is 0.842 bits per heavy atom. The summed E-state index contributed by atoms with van der Waals surface area (Å²) >= 11 is 0. The number of nitrogens with zero attached hydrogens (tertiary/aromatic N) is 2. The van der Waals surface area contributed by atoms with Crippen molar-refractivity contribution in [1.29, 1.82) is 0 Å². The van der Waals surface area contributed by atoms with Crippen LogP contribution in [0.1, 0.15) is 5.56 Å². The Kier molecular flexibility index (Phi) is 7.35. The van der Waals surface area contributed by atoms with Crippen LogP contribution in [0, 0.1) is 0 Å². The van der Waals surface area contributed by atoms with Gasteiger partial charge in [-0.2, -0.15) is 0 Å². The number of sulfone groups is 1. The second-order valence-electron chi connectivity index (χ2n) is 8.38. The minimum Gasteiger partial charge on any atom is -0.493 e. The second-order valence-corrected chi connectivity index (χ2v) is 10.4. The number of aromatic nitrogens is 2. The molecule has 11 nitrogen and oxygen atoms in total. The molecule has 38 heavy (non-hydrogen) atoms. The molecule has 1 aromatic heterocycles. The third-order valence-corrected chi connectivity index (χ3v) is 7.59. The lowest BCUT2D eigenvalue weighted by atomic mass is 10.2. The van der Waals surface area contributed by atoms with Crippen LogP contribution < -0.4 is 24.6 Å². The molecule has 0 saturated heterocycles. The number of imidazole rings is 1. The van der Waals surface area contributed by atoms with Gasteiger partial charge in [0, 0.05) is 31.8 Å². The number of aryl methyl sites for hydroxylation is 2. The van der Waals surface area contributed by atoms with Gasteiger partial charge in [-0.3, -0.25) is 9.13 Å². The summed E-state index contributed by atoms with van der Waals surface area (Å²) in [5, 5.41) is 8.78. The van der Waals surface area contributed by atoms with E-state index in [-0.39, 0.29) is 22.1 Å². The molecule has 0 radical (unpaired) electrons. The van der Waals surface area contributed by atoms with Crippen LogP contribution in [0.5, 0.6) is 28.7 Å². The van der Waals surface area contributed by atoms with Crippen molar-refractivity contribution in [2.45, 2.75) is 10.6 Å². The number of rotatable bonds is 10. The Bertz CT molecular complexity index is 1670. The molecule has 1 N–H and O–H groups in total. The number of benzene rings is 3. The first kappa shape index (κ1) is 26.6. The molecule has 0 amide bonds. The van der Waals surface area contributed by atoms with Crippen molar-refractivity contribution in [2.75, 3.05) is 20.8 Å². The van der Waals surface area contributed by atoms with Gasteiger partial charge in [-0.1, -0.05) is 0 Å². The van der Waals surface area contributed by atoms with E-state index in [1.54, 1.807) is 38.4 Å². The van der Waals surface area contributed by atoms with E-state index in [1.165, 1.54) is 53.7 Å². The molecule has 200 valence electrons. The third kappa shape index (κ3) is 5.30. The highest BCUT2D eigenvalue weighted by Gasteiger charge is 2.23. The monoisotopic (exact) mass is 542 g/mol. The lowest BCUT2D eigenvalue weighted by molar-refractivity contribution is -0.139. The molecule has 0 saturated carbocycles. The molecule has 0 aliphatic heterocycles. The summed E-state index contributed by atoms with van der Waals surface area (Å²) in [6.07, 6.45) is 0. The average molecular weight is 543 g/mol. The lowest BCUT2D eigenvalue weighted by Gasteiger charge is -2.14. The van der Waals surface area contributed by atoms with Crippen LogP contribution >= 0.6 is 0 Å². The van der Waals surface area contributed by atoms with Gasteiger partial charge in [-0.25, -0.2) is 18.0 Å². The molecule has 0 unspecified atom stereocenters. The van der Waals surface area contributed by atoms with E-state index in [0.29, 0.717) is 33.8 Å². The topological polar surface area (TPSA) is 135 Å². The maximum absolute atomic E-state index is 13.4. The van der Waals surface area contributed by atoms with Crippen molar-refractivity contribution in [2.24, 2.45) is 14.1 Å². The molecule has 0 bridgehead atoms. The smallest absolute Gasteiger partial charge is 0.341 e. The molecule has 0 aliphatic carbocycles. The van der Waals surface area contributed by atoms with Crippen LogP contribution in [0.4, 0.5) is 0 Å². The van der Waals surface area contributed by atoms with Crippen LogP contribution in [0.3, 0.4) is 0 Å². The summed E-state index contributed by atoms with van der Waals surface area (Å²) in [7, 11) is 2.22. The maximum Gasteiger partial charge on any atom is 0.341 e. The number of ether oxygens (including phenoxy) is 4. The highest BCUT2D eigenvalue weighted by atomic mass is 32.2. The van der Waals surface area contributed by atoms with E-state index in [0.717, 1.165) is 0 Å². The van der Waals surface area contributed by atoms with Crippen molar-refractivity contribution in [3.8, 4) is 28.7 Å². The molecule has 1 heterocycles. The minimum absolute atomic E-state index is 0.0306. The van der Waals surface area contributed by atoms with Crippen molar-refractivity contribution in [3.05, 3.63) is 70.6 Å². The van der Waals surface area contributed by atoms with Crippen molar-refractivity contribution in [1.82, 2.24) is 9.13 Å². The first-order valence-electron chi connectivity index (χ1n) is 11.3. The molecular weight excluding hydrogens is 516 g/mol. The molecule has 4 rings (SSSR count). The van der Waals surface area contributed by atoms with Crippen LogP contribution in [-0.2, 0) is 34.5 Å². The molecule has 0 aliphatic rings. The molecule has 12 heteroatoms. The van der Waals surface area contributed by atoms with Gasteiger partial charge in [0.15, 0.2) is 27.9 Å². The second kappa shape index (κ2) is 10.5. The Balaban J connectivity index is 1.75. The summed E-state index contributed by atoms with van der Waals surface area (Å²) in [4.78, 5) is 23.3. The maximum atomic E-state index is 13.4. The van der Waals surface area contributed by atoms with E-state index in [9.17, 15) is 18.0 Å². The lowest BCUT2D eigenvalue weighted by Crippen LogP contribution is -2.19. The molecular formula is C26H26N2O9S. The number of carboxylic acid groups (broad SMARTS) is 1. The largest absolute Gasteiger partial charge is 0.493 e. The van der Waals surface area contributed by atoms with Crippen LogP contribution in [0.25, 0.3) is 11.0 Å². The summed E-state index contributed by atoms with van der Waals surface area (Å²) in [6.45, 7) is -0.489. The van der Waals surface area contributed by atoms with Gasteiger partial charge in [0.2, 0.25) is 0 Å². The molecule has 0 fully saturated rings. The van der Waals surface area contributed by atoms with Gasteiger partial charge in [0.25, 0.3) is 0 Å². The highest BCUT2D eigenvalue weighted by molar-refractivity contribution is 7.90. The van der Waals surface area contributed by atoms with Crippen molar-refractivity contribution in [3.63, 3.8) is 0 Å². The van der Waals surface area contributed by atoms with Crippen molar-refractivity contribution >= 4 is 26.8 Å². The van der Waals surface area contributed by atoms with Gasteiger partial charge in [0.1, 0.15) is 17.2 Å². The van der Waals surface area contributed by atoms with Gasteiger partial charge in [0.05, 0.1) is 35.9 Å². The highest BCUT2D eigenvalue weighted by Crippen LogP contribution is 2.35. The fourth-order valence-corrected chi connectivity index (χ4v) is 5.31. The van der Waals surface area contributed by atoms with Gasteiger partial charge in [-0.05, 0) is 42.5 Å².